The van der Waals surface area contributed by atoms with Crippen molar-refractivity contribution in [2.45, 2.75) is 24.0 Å². The van der Waals surface area contributed by atoms with E-state index >= 15 is 0 Å². The monoisotopic (exact) mass is 551 g/mol. The van der Waals surface area contributed by atoms with Gasteiger partial charge in [0.05, 0.1) is 10.9 Å². The van der Waals surface area contributed by atoms with Gasteiger partial charge in [-0.15, -0.1) is 23.1 Å². The van der Waals surface area contributed by atoms with E-state index < -0.39 is 0 Å². The summed E-state index contributed by atoms with van der Waals surface area (Å²) in [6.45, 7) is 3.80. The number of carbonyl (C=O) groups excluding carboxylic acids is 2. The molecule has 1 heterocycles. The van der Waals surface area contributed by atoms with Crippen LogP contribution in [0.2, 0.25) is 0 Å². The minimum absolute atomic E-state index is 0.129. The first-order valence-electron chi connectivity index (χ1n) is 10.5. The zero-order valence-electron chi connectivity index (χ0n) is 18.5. The second-order valence-electron chi connectivity index (χ2n) is 7.65. The molecule has 0 aliphatic rings. The largest absolute Gasteiger partial charge is 0.322 e. The lowest BCUT2D eigenvalue weighted by molar-refractivity contribution is -0.115. The molecule has 1 atom stereocenters. The van der Waals surface area contributed by atoms with E-state index in [1.807, 2.05) is 86.0 Å². The minimum Gasteiger partial charge on any atom is -0.322 e. The number of nitrogens with one attached hydrogen (secondary N) is 2. The zero-order valence-corrected chi connectivity index (χ0v) is 21.8. The summed E-state index contributed by atoms with van der Waals surface area (Å²) < 4.78 is 1.00. The van der Waals surface area contributed by atoms with Crippen LogP contribution in [0.4, 0.5) is 10.8 Å². The Kier molecular flexibility index (Phi) is 7.82. The maximum atomic E-state index is 12.7. The van der Waals surface area contributed by atoms with Crippen LogP contribution in [0.15, 0.2) is 87.5 Å². The van der Waals surface area contributed by atoms with Gasteiger partial charge in [-0.1, -0.05) is 51.8 Å². The second kappa shape index (κ2) is 11.0. The zero-order chi connectivity index (χ0) is 24.1. The molecule has 1 unspecified atom stereocenters. The van der Waals surface area contributed by atoms with Gasteiger partial charge in [0.2, 0.25) is 5.91 Å². The average Bonchev–Trinajstić information content (AvgIpc) is 3.28. The first-order valence-corrected chi connectivity index (χ1v) is 13.1. The summed E-state index contributed by atoms with van der Waals surface area (Å²) in [5.41, 5.74) is 4.14. The number of carbonyl (C=O) groups is 2. The van der Waals surface area contributed by atoms with Crippen molar-refractivity contribution < 1.29 is 9.59 Å². The number of nitrogens with zero attached hydrogens (tertiary/aromatic N) is 1. The number of halogens is 1. The highest BCUT2D eigenvalue weighted by molar-refractivity contribution is 9.10. The van der Waals surface area contributed by atoms with E-state index in [1.54, 1.807) is 6.07 Å². The van der Waals surface area contributed by atoms with Crippen LogP contribution in [0.3, 0.4) is 0 Å². The van der Waals surface area contributed by atoms with Gasteiger partial charge in [-0.2, -0.15) is 0 Å². The van der Waals surface area contributed by atoms with Crippen LogP contribution in [-0.2, 0) is 4.79 Å². The van der Waals surface area contributed by atoms with E-state index in [2.05, 4.69) is 31.5 Å². The van der Waals surface area contributed by atoms with Gasteiger partial charge in [0.15, 0.2) is 5.13 Å². The summed E-state index contributed by atoms with van der Waals surface area (Å²) in [4.78, 5) is 30.7. The van der Waals surface area contributed by atoms with Gasteiger partial charge in [0, 0.05) is 31.6 Å². The third-order valence-corrected chi connectivity index (χ3v) is 7.31. The first kappa shape index (κ1) is 24.2. The molecule has 2 amide bonds. The maximum absolute atomic E-state index is 12.7. The van der Waals surface area contributed by atoms with Gasteiger partial charge in [0.1, 0.15) is 0 Å². The molecule has 0 saturated heterocycles. The Hall–Kier alpha value is -2.94. The molecule has 0 aliphatic heterocycles. The van der Waals surface area contributed by atoms with Crippen molar-refractivity contribution in [2.75, 3.05) is 10.6 Å². The Morgan fingerprint density at radius 1 is 1.00 bits per heavy atom. The summed E-state index contributed by atoms with van der Waals surface area (Å²) in [7, 11) is 0. The quantitative estimate of drug-likeness (QED) is 0.237. The summed E-state index contributed by atoms with van der Waals surface area (Å²) in [6.07, 6.45) is 0. The predicted molar refractivity (Wildman–Crippen MR) is 145 cm³/mol. The molecule has 0 aliphatic carbocycles. The SMILES string of the molecule is Cc1cccc(C(=O)Nc2cccc(SC(C)C(=O)Nc3nc(-c4ccc(Br)cc4)cs3)c2)c1. The molecule has 8 heteroatoms. The highest BCUT2D eigenvalue weighted by Crippen LogP contribution is 2.29. The number of aromatic nitrogens is 1. The number of anilines is 2. The Balaban J connectivity index is 1.36. The minimum atomic E-state index is -0.345. The topological polar surface area (TPSA) is 71.1 Å². The van der Waals surface area contributed by atoms with Crippen LogP contribution < -0.4 is 10.6 Å². The molecule has 3 aromatic carbocycles. The number of hydrogen-bond acceptors (Lipinski definition) is 5. The summed E-state index contributed by atoms with van der Waals surface area (Å²) in [5, 5.41) is 7.98. The van der Waals surface area contributed by atoms with Crippen LogP contribution in [0.5, 0.6) is 0 Å². The normalized spacial score (nSPS) is 11.6. The fraction of sp³-hybridized carbons (Fsp3) is 0.115. The summed E-state index contributed by atoms with van der Waals surface area (Å²) >= 11 is 6.25. The van der Waals surface area contributed by atoms with Crippen molar-refractivity contribution in [2.24, 2.45) is 0 Å². The average molecular weight is 553 g/mol. The lowest BCUT2D eigenvalue weighted by atomic mass is 10.1. The number of amides is 2. The molecule has 4 rings (SSSR count). The fourth-order valence-corrected chi connectivity index (χ4v) is 5.10. The molecule has 4 aromatic rings. The molecule has 34 heavy (non-hydrogen) atoms. The molecule has 0 spiro atoms. The number of hydrogen-bond donors (Lipinski definition) is 2. The van der Waals surface area contributed by atoms with Crippen molar-refractivity contribution in [1.82, 2.24) is 4.98 Å². The Labute approximate surface area is 215 Å². The van der Waals surface area contributed by atoms with Crippen molar-refractivity contribution in [3.63, 3.8) is 0 Å². The Morgan fingerprint density at radius 2 is 1.76 bits per heavy atom. The Morgan fingerprint density at radius 3 is 2.53 bits per heavy atom. The van der Waals surface area contributed by atoms with Gasteiger partial charge < -0.3 is 10.6 Å². The van der Waals surface area contributed by atoms with Crippen molar-refractivity contribution in [3.05, 3.63) is 93.8 Å². The molecule has 0 bridgehead atoms. The van der Waals surface area contributed by atoms with E-state index in [0.29, 0.717) is 16.4 Å². The Bertz CT molecular complexity index is 1320. The summed E-state index contributed by atoms with van der Waals surface area (Å²) in [5.74, 6) is -0.294. The highest BCUT2D eigenvalue weighted by atomic mass is 79.9. The summed E-state index contributed by atoms with van der Waals surface area (Å²) in [6, 6.07) is 22.8. The predicted octanol–water partition coefficient (Wildman–Crippen LogP) is 7.25. The van der Waals surface area contributed by atoms with E-state index in [4.69, 9.17) is 0 Å². The third-order valence-electron chi connectivity index (χ3n) is 4.93. The lowest BCUT2D eigenvalue weighted by Crippen LogP contribution is -2.22. The molecule has 2 N–H and O–H groups in total. The van der Waals surface area contributed by atoms with Crippen molar-refractivity contribution in [1.29, 1.82) is 0 Å². The van der Waals surface area contributed by atoms with Gasteiger partial charge >= 0.3 is 0 Å². The number of rotatable bonds is 7. The van der Waals surface area contributed by atoms with Crippen LogP contribution in [0.1, 0.15) is 22.8 Å². The second-order valence-corrected chi connectivity index (χ2v) is 10.8. The van der Waals surface area contributed by atoms with Crippen molar-refractivity contribution >= 4 is 61.7 Å². The van der Waals surface area contributed by atoms with Gasteiger partial charge in [-0.05, 0) is 56.3 Å². The van der Waals surface area contributed by atoms with Gasteiger partial charge in [-0.25, -0.2) is 4.98 Å². The first-order chi connectivity index (χ1) is 16.4. The number of thioether (sulfide) groups is 1. The van der Waals surface area contributed by atoms with E-state index in [1.165, 1.54) is 23.1 Å². The number of aryl methyl sites for hydroxylation is 1. The number of thiazole rings is 1. The van der Waals surface area contributed by atoms with Crippen LogP contribution in [0.25, 0.3) is 11.3 Å². The molecule has 1 aromatic heterocycles. The lowest BCUT2D eigenvalue weighted by Gasteiger charge is -2.12. The smallest absolute Gasteiger partial charge is 0.255 e. The highest BCUT2D eigenvalue weighted by Gasteiger charge is 2.17. The van der Waals surface area contributed by atoms with E-state index in [0.717, 1.165) is 26.2 Å². The molecular weight excluding hydrogens is 530 g/mol. The van der Waals surface area contributed by atoms with Crippen molar-refractivity contribution in [3.8, 4) is 11.3 Å². The van der Waals surface area contributed by atoms with Crippen LogP contribution in [0, 0.1) is 6.92 Å². The van der Waals surface area contributed by atoms with E-state index in [9.17, 15) is 9.59 Å². The molecule has 5 nitrogen and oxygen atoms in total. The molecule has 0 saturated carbocycles. The van der Waals surface area contributed by atoms with Crippen LogP contribution in [-0.4, -0.2) is 22.0 Å². The molecular formula is C26H22BrN3O2S2. The third kappa shape index (κ3) is 6.34. The van der Waals surface area contributed by atoms with Gasteiger partial charge in [-0.3, -0.25) is 9.59 Å². The molecule has 0 radical (unpaired) electrons. The molecule has 0 fully saturated rings. The number of benzene rings is 3. The molecule has 172 valence electrons. The van der Waals surface area contributed by atoms with E-state index in [-0.39, 0.29) is 17.1 Å². The van der Waals surface area contributed by atoms with Crippen LogP contribution >= 0.6 is 39.0 Å². The fourth-order valence-electron chi connectivity index (χ4n) is 3.19. The van der Waals surface area contributed by atoms with Gasteiger partial charge in [0.25, 0.3) is 5.91 Å². The standard InChI is InChI=1S/C26H22BrN3O2S2/c1-16-5-3-6-19(13-16)25(32)28-21-7-4-8-22(14-21)34-17(2)24(31)30-26-29-23(15-33-26)18-9-11-20(27)12-10-18/h3-15,17H,1-2H3,(H,28,32)(H,29,30,31). The maximum Gasteiger partial charge on any atom is 0.255 e.